The zero-order valence-electron chi connectivity index (χ0n) is 19.2. The Bertz CT molecular complexity index is 1030. The minimum atomic E-state index is -1.03. The second-order valence-electron chi connectivity index (χ2n) is 8.67. The van der Waals surface area contributed by atoms with Gasteiger partial charge in [-0.15, -0.1) is 0 Å². The van der Waals surface area contributed by atoms with Crippen LogP contribution in [-0.2, 0) is 28.6 Å². The van der Waals surface area contributed by atoms with Crippen molar-refractivity contribution in [1.82, 2.24) is 0 Å². The average molecular weight is 453 g/mol. The second kappa shape index (κ2) is 9.98. The Morgan fingerprint density at radius 2 is 1.73 bits per heavy atom. The molecular weight excluding hydrogens is 424 g/mol. The van der Waals surface area contributed by atoms with Crippen molar-refractivity contribution in [2.24, 2.45) is 11.8 Å². The lowest BCUT2D eigenvalue weighted by Gasteiger charge is -2.33. The number of rotatable bonds is 4. The predicted molar refractivity (Wildman–Crippen MR) is 120 cm³/mol. The molecule has 5 atom stereocenters. The van der Waals surface area contributed by atoms with Gasteiger partial charge in [0.2, 0.25) is 0 Å². The number of ketones is 1. The molecule has 2 aliphatic rings. The summed E-state index contributed by atoms with van der Waals surface area (Å²) in [5.41, 5.74) is 1.65. The third-order valence-corrected chi connectivity index (χ3v) is 5.89. The molecule has 0 amide bonds. The number of carbonyl (C=O) groups excluding carboxylic acids is 4. The summed E-state index contributed by atoms with van der Waals surface area (Å²) in [5, 5.41) is 0. The number of hydrogen-bond acceptors (Lipinski definition) is 7. The third-order valence-electron chi connectivity index (χ3n) is 5.89. The van der Waals surface area contributed by atoms with Crippen LogP contribution in [0.4, 0.5) is 0 Å². The van der Waals surface area contributed by atoms with E-state index in [9.17, 15) is 19.2 Å². The Labute approximate surface area is 193 Å². The van der Waals surface area contributed by atoms with Crippen LogP contribution >= 0.6 is 0 Å². The van der Waals surface area contributed by atoms with Gasteiger partial charge in [0.1, 0.15) is 12.2 Å². The third kappa shape index (κ3) is 5.48. The maximum Gasteiger partial charge on any atom is 0.338 e. The molecule has 0 spiro atoms. The van der Waals surface area contributed by atoms with Gasteiger partial charge in [-0.2, -0.15) is 0 Å². The molecule has 33 heavy (non-hydrogen) atoms. The van der Waals surface area contributed by atoms with Crippen molar-refractivity contribution >= 4 is 23.7 Å². The molecule has 0 aromatic heterocycles. The maximum absolute atomic E-state index is 12.9. The molecule has 3 rings (SSSR count). The Kier molecular flexibility index (Phi) is 7.31. The summed E-state index contributed by atoms with van der Waals surface area (Å²) >= 11 is 0. The molecule has 1 aliphatic carbocycles. The summed E-state index contributed by atoms with van der Waals surface area (Å²) in [6.07, 6.45) is 0.300. The Balaban J connectivity index is 2.06. The lowest BCUT2D eigenvalue weighted by Crippen LogP contribution is -2.44. The van der Waals surface area contributed by atoms with Gasteiger partial charge in [0.25, 0.3) is 0 Å². The number of carbonyl (C=O) groups is 4. The van der Waals surface area contributed by atoms with Gasteiger partial charge >= 0.3 is 17.9 Å². The number of fused-ring (bicyclic) bond motifs is 1. The first-order chi connectivity index (χ1) is 15.6. The van der Waals surface area contributed by atoms with Gasteiger partial charge in [-0.05, 0) is 50.6 Å². The predicted octanol–water partition coefficient (Wildman–Crippen LogP) is 3.74. The quantitative estimate of drug-likeness (QED) is 0.390. The average Bonchev–Trinajstić information content (AvgIpc) is 3.04. The van der Waals surface area contributed by atoms with E-state index in [-0.39, 0.29) is 17.8 Å². The van der Waals surface area contributed by atoms with Gasteiger partial charge in [0.05, 0.1) is 17.4 Å². The fraction of sp³-hybridized carbons (Fsp3) is 0.385. The first-order valence-corrected chi connectivity index (χ1v) is 10.8. The zero-order chi connectivity index (χ0) is 24.3. The van der Waals surface area contributed by atoms with Crippen LogP contribution < -0.4 is 0 Å². The molecule has 174 valence electrons. The Hall–Kier alpha value is -3.48. The van der Waals surface area contributed by atoms with Gasteiger partial charge in [0, 0.05) is 12.0 Å². The molecule has 0 N–H and O–H groups in total. The lowest BCUT2D eigenvalue weighted by molar-refractivity contribution is -0.150. The van der Waals surface area contributed by atoms with Crippen LogP contribution in [0, 0.1) is 11.8 Å². The first kappa shape index (κ1) is 24.2. The van der Waals surface area contributed by atoms with Crippen LogP contribution in [0.1, 0.15) is 44.5 Å². The molecule has 1 aliphatic heterocycles. The number of hydrogen-bond donors (Lipinski definition) is 0. The van der Waals surface area contributed by atoms with Gasteiger partial charge in [0.15, 0.2) is 11.9 Å². The van der Waals surface area contributed by atoms with E-state index in [4.69, 9.17) is 14.2 Å². The summed E-state index contributed by atoms with van der Waals surface area (Å²) in [5.74, 6) is -3.23. The fourth-order valence-corrected chi connectivity index (χ4v) is 4.20. The second-order valence-corrected chi connectivity index (χ2v) is 8.67. The van der Waals surface area contributed by atoms with Crippen molar-refractivity contribution in [1.29, 1.82) is 0 Å². The molecule has 7 nitrogen and oxygen atoms in total. The number of benzene rings is 1. The van der Waals surface area contributed by atoms with E-state index >= 15 is 0 Å². The van der Waals surface area contributed by atoms with Crippen LogP contribution in [0.5, 0.6) is 0 Å². The van der Waals surface area contributed by atoms with Crippen molar-refractivity contribution in [2.45, 2.75) is 52.4 Å². The minimum Gasteiger partial charge on any atom is -0.458 e. The highest BCUT2D eigenvalue weighted by molar-refractivity contribution is 6.00. The number of esters is 3. The van der Waals surface area contributed by atoms with Crippen molar-refractivity contribution in [2.75, 3.05) is 0 Å². The van der Waals surface area contributed by atoms with E-state index in [1.807, 2.05) is 0 Å². The molecule has 0 saturated carbocycles. The standard InChI is InChI=1S/C26H28O7/c1-14(2)24(28)31-20-12-15(3)11-19(27)13-16(4)22(23-21(20)17(5)25(29)33-23)32-26(30)18-9-7-6-8-10-18/h6-11,13,17,20-23H,1,12H2,2-5H3/b15-11+,16-13-/t17-,20+,21?,22?,23+/m1/s1. The topological polar surface area (TPSA) is 96.0 Å². The monoisotopic (exact) mass is 452 g/mol. The van der Waals surface area contributed by atoms with Gasteiger partial charge in [-0.3, -0.25) is 9.59 Å². The van der Waals surface area contributed by atoms with Crippen molar-refractivity contribution in [3.05, 3.63) is 71.3 Å². The molecule has 0 radical (unpaired) electrons. The van der Waals surface area contributed by atoms with Crippen LogP contribution in [0.2, 0.25) is 0 Å². The number of ether oxygens (including phenoxy) is 3. The van der Waals surface area contributed by atoms with Gasteiger partial charge in [-0.1, -0.05) is 37.3 Å². The van der Waals surface area contributed by atoms with E-state index in [2.05, 4.69) is 6.58 Å². The van der Waals surface area contributed by atoms with E-state index < -0.39 is 48.1 Å². The fourth-order valence-electron chi connectivity index (χ4n) is 4.20. The SMILES string of the molecule is C=C(C)C(=O)O[C@H]1C/C(C)=C/C(=O)/C=C(/C)C(OC(=O)c2ccccc2)[C@H]2OC(=O)[C@H](C)C21. The lowest BCUT2D eigenvalue weighted by atomic mass is 9.80. The summed E-state index contributed by atoms with van der Waals surface area (Å²) < 4.78 is 17.2. The highest BCUT2D eigenvalue weighted by Gasteiger charge is 2.52. The van der Waals surface area contributed by atoms with Gasteiger partial charge in [-0.25, -0.2) is 9.59 Å². The van der Waals surface area contributed by atoms with Crippen LogP contribution in [0.25, 0.3) is 0 Å². The van der Waals surface area contributed by atoms with E-state index in [0.29, 0.717) is 16.7 Å². The van der Waals surface area contributed by atoms with Crippen molar-refractivity contribution < 1.29 is 33.4 Å². The minimum absolute atomic E-state index is 0.211. The molecule has 0 bridgehead atoms. The molecule has 1 aromatic rings. The smallest absolute Gasteiger partial charge is 0.338 e. The largest absolute Gasteiger partial charge is 0.458 e. The first-order valence-electron chi connectivity index (χ1n) is 10.8. The Morgan fingerprint density at radius 3 is 2.36 bits per heavy atom. The molecule has 1 heterocycles. The number of allylic oxidation sites excluding steroid dienone is 2. The Morgan fingerprint density at radius 1 is 1.06 bits per heavy atom. The van der Waals surface area contributed by atoms with E-state index in [1.165, 1.54) is 19.1 Å². The molecule has 1 fully saturated rings. The molecular formula is C26H28O7. The van der Waals surface area contributed by atoms with E-state index in [1.54, 1.807) is 51.1 Å². The molecule has 7 heteroatoms. The normalized spacial score (nSPS) is 30.6. The summed E-state index contributed by atoms with van der Waals surface area (Å²) in [6, 6.07) is 8.40. The van der Waals surface area contributed by atoms with Gasteiger partial charge < -0.3 is 14.2 Å². The van der Waals surface area contributed by atoms with Crippen LogP contribution in [0.3, 0.4) is 0 Å². The molecule has 1 saturated heterocycles. The van der Waals surface area contributed by atoms with Crippen molar-refractivity contribution in [3.8, 4) is 0 Å². The summed E-state index contributed by atoms with van der Waals surface area (Å²) in [4.78, 5) is 50.4. The van der Waals surface area contributed by atoms with Crippen molar-refractivity contribution in [3.63, 3.8) is 0 Å². The molecule has 2 unspecified atom stereocenters. The summed E-state index contributed by atoms with van der Waals surface area (Å²) in [6.45, 7) is 10.3. The van der Waals surface area contributed by atoms with E-state index in [0.717, 1.165) is 0 Å². The van der Waals surface area contributed by atoms with Crippen LogP contribution in [-0.4, -0.2) is 42.0 Å². The van der Waals surface area contributed by atoms with Crippen LogP contribution in [0.15, 0.2) is 65.8 Å². The zero-order valence-corrected chi connectivity index (χ0v) is 19.2. The summed E-state index contributed by atoms with van der Waals surface area (Å²) in [7, 11) is 0. The molecule has 1 aromatic carbocycles. The highest BCUT2D eigenvalue weighted by atomic mass is 16.6. The maximum atomic E-state index is 12.9. The highest BCUT2D eigenvalue weighted by Crippen LogP contribution is 2.39.